The average Bonchev–Trinajstić information content (AvgIpc) is 3.02. The number of hydrogen-bond donors (Lipinski definition) is 4. The van der Waals surface area contributed by atoms with Crippen LogP contribution in [0.2, 0.25) is 0 Å². The number of anilines is 2. The van der Waals surface area contributed by atoms with E-state index in [-0.39, 0.29) is 18.5 Å². The largest absolute Gasteiger partial charge is 0.478 e. The van der Waals surface area contributed by atoms with Crippen LogP contribution >= 0.6 is 0 Å². The number of halogens is 6. The van der Waals surface area contributed by atoms with Crippen LogP contribution in [0.3, 0.4) is 0 Å². The Morgan fingerprint density at radius 2 is 1.04 bits per heavy atom. The highest BCUT2D eigenvalue weighted by molar-refractivity contribution is 6.16. The first-order valence-corrected chi connectivity index (χ1v) is 15.2. The van der Waals surface area contributed by atoms with E-state index >= 15 is 0 Å². The van der Waals surface area contributed by atoms with Gasteiger partial charge in [0.2, 0.25) is 0 Å². The molecule has 0 aliphatic heterocycles. The molecule has 0 radical (unpaired) electrons. The van der Waals surface area contributed by atoms with E-state index in [2.05, 4.69) is 10.6 Å². The van der Waals surface area contributed by atoms with Crippen molar-refractivity contribution in [2.24, 2.45) is 5.41 Å². The smallest absolute Gasteiger partial charge is 0.417 e. The number of Topliss-reactive ketones (excluding diaryl/α,β-unsaturated/α-hetero) is 1. The van der Waals surface area contributed by atoms with Crippen LogP contribution in [0.25, 0.3) is 11.1 Å². The molecule has 0 saturated heterocycles. The molecular weight excluding hydrogens is 658 g/mol. The van der Waals surface area contributed by atoms with Crippen molar-refractivity contribution in [1.29, 1.82) is 0 Å². The van der Waals surface area contributed by atoms with E-state index in [1.807, 2.05) is 6.92 Å². The fourth-order valence-corrected chi connectivity index (χ4v) is 5.09. The Balaban J connectivity index is 2.19. The Kier molecular flexibility index (Phi) is 11.0. The minimum Gasteiger partial charge on any atom is -0.478 e. The Morgan fingerprint density at radius 1 is 0.612 bits per heavy atom. The van der Waals surface area contributed by atoms with Crippen molar-refractivity contribution < 1.29 is 55.7 Å². The molecule has 0 unspecified atom stereocenters. The van der Waals surface area contributed by atoms with E-state index in [0.29, 0.717) is 18.6 Å². The van der Waals surface area contributed by atoms with Crippen molar-refractivity contribution in [2.75, 3.05) is 10.6 Å². The van der Waals surface area contributed by atoms with E-state index in [1.165, 1.54) is 6.07 Å². The molecule has 1 amide bonds. The molecule has 3 rings (SSSR count). The van der Waals surface area contributed by atoms with E-state index < -0.39 is 97.1 Å². The van der Waals surface area contributed by atoms with E-state index in [9.17, 15) is 55.7 Å². The lowest BCUT2D eigenvalue weighted by molar-refractivity contribution is -0.139. The fraction of sp³-hybridized carbons (Fsp3) is 0.371. The number of benzene rings is 3. The fourth-order valence-electron chi connectivity index (χ4n) is 5.09. The molecule has 0 heterocycles. The predicted octanol–water partition coefficient (Wildman–Crippen LogP) is 9.65. The highest BCUT2D eigenvalue weighted by Gasteiger charge is 2.39. The molecule has 0 atom stereocenters. The maximum absolute atomic E-state index is 14.4. The lowest BCUT2D eigenvalue weighted by Gasteiger charge is -2.27. The second-order valence-electron chi connectivity index (χ2n) is 12.5. The number of carboxylic acids is 2. The lowest BCUT2D eigenvalue weighted by atomic mass is 9.76. The average molecular weight is 695 g/mol. The van der Waals surface area contributed by atoms with Gasteiger partial charge in [0.1, 0.15) is 0 Å². The molecule has 0 fully saturated rings. The zero-order chi connectivity index (χ0) is 37.3. The van der Waals surface area contributed by atoms with Gasteiger partial charge >= 0.3 is 24.3 Å². The summed E-state index contributed by atoms with van der Waals surface area (Å²) in [4.78, 5) is 50.9. The van der Waals surface area contributed by atoms with E-state index in [4.69, 9.17) is 0 Å². The number of carbonyl (C=O) groups is 4. The summed E-state index contributed by atoms with van der Waals surface area (Å²) in [5.74, 6) is -5.39. The van der Waals surface area contributed by atoms with Gasteiger partial charge in [-0.2, -0.15) is 26.3 Å². The predicted molar refractivity (Wildman–Crippen MR) is 171 cm³/mol. The second-order valence-corrected chi connectivity index (χ2v) is 12.5. The molecule has 14 heteroatoms. The van der Waals surface area contributed by atoms with Crippen molar-refractivity contribution in [3.63, 3.8) is 0 Å². The molecule has 264 valence electrons. The second kappa shape index (κ2) is 13.9. The van der Waals surface area contributed by atoms with Gasteiger partial charge in [0.25, 0.3) is 5.91 Å². The normalized spacial score (nSPS) is 12.4. The number of carbonyl (C=O) groups excluding carboxylic acids is 2. The molecule has 0 saturated carbocycles. The number of hydrogen-bond acceptors (Lipinski definition) is 5. The summed E-state index contributed by atoms with van der Waals surface area (Å²) in [6, 6.07) is 6.34. The Bertz CT molecular complexity index is 1790. The zero-order valence-corrected chi connectivity index (χ0v) is 27.5. The molecule has 0 aliphatic carbocycles. The molecule has 0 aromatic heterocycles. The Morgan fingerprint density at radius 3 is 1.47 bits per heavy atom. The third kappa shape index (κ3) is 8.41. The van der Waals surface area contributed by atoms with E-state index in [1.54, 1.807) is 34.6 Å². The number of carboxylic acid groups (broad SMARTS) is 2. The summed E-state index contributed by atoms with van der Waals surface area (Å²) in [6.45, 7) is 10.2. The van der Waals surface area contributed by atoms with Crippen molar-refractivity contribution >= 4 is 35.0 Å². The molecule has 3 aromatic carbocycles. The summed E-state index contributed by atoms with van der Waals surface area (Å²) in [7, 11) is 0. The number of alkyl halides is 6. The molecule has 8 nitrogen and oxygen atoms in total. The molecule has 0 bridgehead atoms. The van der Waals surface area contributed by atoms with Gasteiger partial charge in [-0.05, 0) is 80.6 Å². The quantitative estimate of drug-likeness (QED) is 0.110. The standard InChI is InChI=1S/C35H36F6N2O6/c1-7-32(4,5)43-19-11-13-21(27(15-19)35(39,40)41)20-12-10-18(14-26(20)34(36,37)38)42-29(45)23-16-22(28(44)33(6,8-2)9-3)24(30(46)47)17-25(23)31(48)49/h10-17,43H,7-9H2,1-6H3,(H,42,45)(H,46,47)(H,48,49). The SMILES string of the molecule is CCC(C)(C)Nc1ccc(-c2ccc(NC(=O)c3cc(C(=O)C(C)(CC)CC)c(C(=O)O)cc3C(=O)O)cc2C(F)(F)F)c(C(F)(F)F)c1. The maximum atomic E-state index is 14.4. The van der Waals surface area contributed by atoms with Crippen LogP contribution in [0.5, 0.6) is 0 Å². The summed E-state index contributed by atoms with van der Waals surface area (Å²) in [5.41, 5.74) is -9.40. The van der Waals surface area contributed by atoms with Crippen molar-refractivity contribution in [3.8, 4) is 11.1 Å². The molecular formula is C35H36F6N2O6. The van der Waals surface area contributed by atoms with Crippen LogP contribution in [-0.4, -0.2) is 39.4 Å². The van der Waals surface area contributed by atoms with Gasteiger partial charge in [-0.1, -0.05) is 39.8 Å². The van der Waals surface area contributed by atoms with Gasteiger partial charge in [0.15, 0.2) is 5.78 Å². The summed E-state index contributed by atoms with van der Waals surface area (Å²) in [6.07, 6.45) is -9.19. The van der Waals surface area contributed by atoms with Crippen LogP contribution in [0.4, 0.5) is 37.7 Å². The van der Waals surface area contributed by atoms with Gasteiger partial charge in [-0.3, -0.25) is 9.59 Å². The van der Waals surface area contributed by atoms with Gasteiger partial charge in [0, 0.05) is 27.9 Å². The molecule has 0 spiro atoms. The number of nitrogens with one attached hydrogen (secondary N) is 2. The number of amides is 1. The minimum absolute atomic E-state index is 0.0413. The summed E-state index contributed by atoms with van der Waals surface area (Å²) in [5, 5.41) is 24.6. The van der Waals surface area contributed by atoms with Gasteiger partial charge in [-0.15, -0.1) is 0 Å². The van der Waals surface area contributed by atoms with Crippen LogP contribution < -0.4 is 10.6 Å². The van der Waals surface area contributed by atoms with Crippen molar-refractivity contribution in [3.05, 3.63) is 81.9 Å². The zero-order valence-electron chi connectivity index (χ0n) is 27.5. The minimum atomic E-state index is -5.21. The molecule has 4 N–H and O–H groups in total. The van der Waals surface area contributed by atoms with Crippen LogP contribution in [0.15, 0.2) is 48.5 Å². The van der Waals surface area contributed by atoms with Crippen LogP contribution in [0, 0.1) is 5.41 Å². The first-order chi connectivity index (χ1) is 22.5. The van der Waals surface area contributed by atoms with Crippen molar-refractivity contribution in [1.82, 2.24) is 0 Å². The van der Waals surface area contributed by atoms with E-state index in [0.717, 1.165) is 30.3 Å². The third-order valence-corrected chi connectivity index (χ3v) is 8.78. The maximum Gasteiger partial charge on any atom is 0.417 e. The third-order valence-electron chi connectivity index (χ3n) is 8.78. The van der Waals surface area contributed by atoms with Crippen molar-refractivity contribution in [2.45, 2.75) is 78.7 Å². The lowest BCUT2D eigenvalue weighted by Crippen LogP contribution is -2.29. The first-order valence-electron chi connectivity index (χ1n) is 15.2. The van der Waals surface area contributed by atoms with Gasteiger partial charge in [0.05, 0.1) is 27.8 Å². The highest BCUT2D eigenvalue weighted by atomic mass is 19.4. The number of rotatable bonds is 12. The Labute approximate surface area is 278 Å². The van der Waals surface area contributed by atoms with Gasteiger partial charge in [-0.25, -0.2) is 9.59 Å². The first kappa shape index (κ1) is 38.6. The highest BCUT2D eigenvalue weighted by Crippen LogP contribution is 2.45. The van der Waals surface area contributed by atoms with Crippen LogP contribution in [0.1, 0.15) is 113 Å². The summed E-state index contributed by atoms with van der Waals surface area (Å²) < 4.78 is 85.8. The van der Waals surface area contributed by atoms with Gasteiger partial charge < -0.3 is 20.8 Å². The van der Waals surface area contributed by atoms with Crippen LogP contribution in [-0.2, 0) is 12.4 Å². The topological polar surface area (TPSA) is 133 Å². The molecule has 0 aliphatic rings. The molecule has 3 aromatic rings. The Hall–Kier alpha value is -4.88. The number of ketones is 1. The number of aromatic carboxylic acids is 2. The summed E-state index contributed by atoms with van der Waals surface area (Å²) >= 11 is 0. The molecule has 49 heavy (non-hydrogen) atoms. The monoisotopic (exact) mass is 694 g/mol.